The van der Waals surface area contributed by atoms with E-state index in [1.165, 1.54) is 86.8 Å². The Morgan fingerprint density at radius 1 is 0.397 bits per heavy atom. The Morgan fingerprint density at radius 2 is 0.762 bits per heavy atom. The summed E-state index contributed by atoms with van der Waals surface area (Å²) in [5.74, 6) is 1.45. The van der Waals surface area contributed by atoms with E-state index in [1.54, 1.807) is 48.5 Å². The molecule has 0 atom stereocenters. The molecule has 0 unspecified atom stereocenters. The third kappa shape index (κ3) is 9.83. The minimum atomic E-state index is -5.04. The monoisotopic (exact) mass is 930 g/mol. The maximum Gasteiger partial charge on any atom is 0.298 e. The van der Waals surface area contributed by atoms with E-state index in [0.717, 1.165) is 35.4 Å². The Balaban J connectivity index is 0.998. The van der Waals surface area contributed by atoms with Crippen LogP contribution in [0.25, 0.3) is 11.1 Å². The first kappa shape index (κ1) is 44.3. The summed E-state index contributed by atoms with van der Waals surface area (Å²) < 4.78 is 144. The number of sulfone groups is 2. The molecule has 0 saturated carbocycles. The van der Waals surface area contributed by atoms with Gasteiger partial charge < -0.3 is 24.1 Å². The van der Waals surface area contributed by atoms with Gasteiger partial charge in [-0.05, 0) is 139 Å². The number of aromatic hydroxyl groups is 1. The molecular weight excluding hydrogens is 897 g/mol. The van der Waals surface area contributed by atoms with Crippen molar-refractivity contribution in [2.75, 3.05) is 7.11 Å². The van der Waals surface area contributed by atoms with Gasteiger partial charge in [0.2, 0.25) is 19.7 Å². The van der Waals surface area contributed by atoms with Gasteiger partial charge in [0.05, 0.1) is 31.6 Å². The zero-order chi connectivity index (χ0) is 45.3. The summed E-state index contributed by atoms with van der Waals surface area (Å²) in [5.41, 5.74) is 1.56. The number of phenolic OH excluding ortho intramolecular Hbond substituents is 1. The summed E-state index contributed by atoms with van der Waals surface area (Å²) in [6, 6.07) is 35.4. The molecule has 0 heterocycles. The van der Waals surface area contributed by atoms with E-state index in [2.05, 4.69) is 0 Å². The van der Waals surface area contributed by atoms with Gasteiger partial charge in [-0.3, -0.25) is 9.11 Å². The molecule has 0 aromatic heterocycles. The molecule has 15 nitrogen and oxygen atoms in total. The van der Waals surface area contributed by atoms with Gasteiger partial charge in [-0.1, -0.05) is 30.3 Å². The predicted octanol–water partition coefficient (Wildman–Crippen LogP) is 8.91. The normalized spacial score (nSPS) is 12.1. The van der Waals surface area contributed by atoms with Gasteiger partial charge in [-0.25, -0.2) is 16.8 Å². The van der Waals surface area contributed by atoms with Gasteiger partial charge in [-0.2, -0.15) is 16.8 Å². The van der Waals surface area contributed by atoms with E-state index < -0.39 is 65.2 Å². The first-order chi connectivity index (χ1) is 29.7. The third-order valence-corrected chi connectivity index (χ3v) is 14.8. The first-order valence-corrected chi connectivity index (χ1v) is 24.1. The van der Waals surface area contributed by atoms with Crippen molar-refractivity contribution in [3.63, 3.8) is 0 Å². The molecule has 0 spiro atoms. The van der Waals surface area contributed by atoms with Gasteiger partial charge in [0.25, 0.3) is 20.2 Å². The number of benzene rings is 7. The number of aryl methyl sites for hydroxylation is 1. The van der Waals surface area contributed by atoms with Crippen LogP contribution in [0.15, 0.2) is 181 Å². The van der Waals surface area contributed by atoms with Crippen LogP contribution in [0.3, 0.4) is 0 Å². The highest BCUT2D eigenvalue weighted by Gasteiger charge is 2.27. The zero-order valence-corrected chi connectivity index (χ0v) is 36.1. The third-order valence-electron chi connectivity index (χ3n) is 9.41. The molecule has 324 valence electrons. The van der Waals surface area contributed by atoms with E-state index in [-0.39, 0.29) is 32.6 Å². The molecule has 0 aliphatic heterocycles. The van der Waals surface area contributed by atoms with Gasteiger partial charge in [0.1, 0.15) is 39.4 Å². The number of ether oxygens (including phenoxy) is 4. The fourth-order valence-electron chi connectivity index (χ4n) is 6.18. The van der Waals surface area contributed by atoms with Gasteiger partial charge >= 0.3 is 0 Å². The second-order valence-electron chi connectivity index (χ2n) is 13.6. The predicted molar refractivity (Wildman–Crippen MR) is 228 cm³/mol. The highest BCUT2D eigenvalue weighted by atomic mass is 32.2. The molecule has 19 heteroatoms. The molecule has 0 saturated heterocycles. The molecule has 0 fully saturated rings. The average molecular weight is 931 g/mol. The number of hydrogen-bond donors (Lipinski definition) is 3. The Kier molecular flexibility index (Phi) is 12.1. The molecule has 0 bridgehead atoms. The Bertz CT molecular complexity index is 3300. The summed E-state index contributed by atoms with van der Waals surface area (Å²) in [5, 5.41) is 9.99. The molecule has 63 heavy (non-hydrogen) atoms. The van der Waals surface area contributed by atoms with Crippen LogP contribution in [0.2, 0.25) is 0 Å². The van der Waals surface area contributed by atoms with Crippen LogP contribution >= 0.6 is 0 Å². The van der Waals surface area contributed by atoms with Crippen LogP contribution in [-0.4, -0.2) is 55.0 Å². The molecule has 0 radical (unpaired) electrons. The van der Waals surface area contributed by atoms with Crippen LogP contribution in [-0.2, 0) is 39.9 Å². The quantitative estimate of drug-likeness (QED) is 0.0864. The van der Waals surface area contributed by atoms with Crippen molar-refractivity contribution in [2.45, 2.75) is 36.3 Å². The maximum absolute atomic E-state index is 13.4. The Labute approximate surface area is 362 Å². The number of methoxy groups -OCH3 is 1. The second-order valence-corrected chi connectivity index (χ2v) is 20.3. The Morgan fingerprint density at radius 3 is 1.22 bits per heavy atom. The lowest BCUT2D eigenvalue weighted by atomic mass is 10.1. The van der Waals surface area contributed by atoms with Crippen molar-refractivity contribution in [3.8, 4) is 57.1 Å². The molecule has 0 aliphatic rings. The van der Waals surface area contributed by atoms with E-state index in [9.17, 15) is 47.9 Å². The van der Waals surface area contributed by atoms with E-state index >= 15 is 0 Å². The molecule has 3 N–H and O–H groups in total. The van der Waals surface area contributed by atoms with Crippen molar-refractivity contribution in [3.05, 3.63) is 157 Å². The van der Waals surface area contributed by atoms with Crippen molar-refractivity contribution >= 4 is 39.9 Å². The Hall–Kier alpha value is -6.74. The second kappa shape index (κ2) is 17.2. The highest BCUT2D eigenvalue weighted by molar-refractivity contribution is 7.92. The van der Waals surface area contributed by atoms with Crippen LogP contribution in [0.5, 0.6) is 46.0 Å². The minimum absolute atomic E-state index is 0.0443. The largest absolute Gasteiger partial charge is 0.504 e. The SMILES string of the molecule is COc1ccc(Oc2ccc(S(=O)(=O)c3ccc(Oc4ccc(-c5ccc(Oc6ccc(S(=O)(=O)c7ccc(C)c(S(=O)(=O)O)c7)cc6S(=O)(=O)O)cc5)cc4)cc3)cc2)cc1O. The van der Waals surface area contributed by atoms with Crippen LogP contribution in [0.4, 0.5) is 0 Å². The smallest absolute Gasteiger partial charge is 0.298 e. The summed E-state index contributed by atoms with van der Waals surface area (Å²) >= 11 is 0. The molecule has 7 rings (SSSR count). The lowest BCUT2D eigenvalue weighted by Gasteiger charge is -2.13. The summed E-state index contributed by atoms with van der Waals surface area (Å²) in [6.45, 7) is 1.35. The van der Waals surface area contributed by atoms with Gasteiger partial charge in [0, 0.05) is 6.07 Å². The minimum Gasteiger partial charge on any atom is -0.504 e. The lowest BCUT2D eigenvalue weighted by molar-refractivity contribution is 0.370. The molecule has 0 amide bonds. The number of rotatable bonds is 14. The van der Waals surface area contributed by atoms with Crippen molar-refractivity contribution in [1.82, 2.24) is 0 Å². The summed E-state index contributed by atoms with van der Waals surface area (Å²) in [4.78, 5) is -2.57. The lowest BCUT2D eigenvalue weighted by Crippen LogP contribution is -2.08. The zero-order valence-electron chi connectivity index (χ0n) is 32.8. The fourth-order valence-corrected chi connectivity index (χ4v) is 10.3. The number of phenols is 1. The molecule has 0 aliphatic carbocycles. The molecule has 7 aromatic carbocycles. The standard InChI is InChI=1S/C44H34O15S4/c1-28-3-17-38(26-43(28)62(50,51)52)61(48,49)39-22-24-42(44(27-39)63(53,54)55)59-34-10-6-30(7-11-34)29-4-8-31(9-5-29)57-32-12-18-36(19-13-32)60(46,47)37-20-14-33(15-21-37)58-35-16-23-41(56-2)40(45)25-35/h3-27,45H,1-2H3,(H,50,51,52)(H,53,54,55). The van der Waals surface area contributed by atoms with Crippen molar-refractivity contribution in [2.24, 2.45) is 0 Å². The van der Waals surface area contributed by atoms with Crippen molar-refractivity contribution < 1.29 is 66.8 Å². The van der Waals surface area contributed by atoms with E-state index in [1.807, 2.05) is 0 Å². The average Bonchev–Trinajstić information content (AvgIpc) is 3.24. The summed E-state index contributed by atoms with van der Waals surface area (Å²) in [7, 11) is -16.8. The molecule has 7 aromatic rings. The van der Waals surface area contributed by atoms with Crippen molar-refractivity contribution in [1.29, 1.82) is 0 Å². The molecular formula is C44H34O15S4. The van der Waals surface area contributed by atoms with Crippen LogP contribution < -0.4 is 18.9 Å². The number of hydrogen-bond acceptors (Lipinski definition) is 13. The van der Waals surface area contributed by atoms with Gasteiger partial charge in [-0.15, -0.1) is 0 Å². The van der Waals surface area contributed by atoms with Crippen LogP contribution in [0.1, 0.15) is 5.56 Å². The topological polar surface area (TPSA) is 234 Å². The highest BCUT2D eigenvalue weighted by Crippen LogP contribution is 2.36. The van der Waals surface area contributed by atoms with Gasteiger partial charge in [0.15, 0.2) is 11.5 Å². The fraction of sp³-hybridized carbons (Fsp3) is 0.0455. The maximum atomic E-state index is 13.4. The van der Waals surface area contributed by atoms with Crippen LogP contribution in [0, 0.1) is 6.92 Å². The summed E-state index contributed by atoms with van der Waals surface area (Å²) in [6.07, 6.45) is 0. The van der Waals surface area contributed by atoms with E-state index in [0.29, 0.717) is 29.1 Å². The first-order valence-electron chi connectivity index (χ1n) is 18.2. The van der Waals surface area contributed by atoms with E-state index in [4.69, 9.17) is 18.9 Å².